The fourth-order valence-electron chi connectivity index (χ4n) is 3.16. The molecule has 17 heavy (non-hydrogen) atoms. The maximum absolute atomic E-state index is 6.08. The molecule has 92 valence electrons. The summed E-state index contributed by atoms with van der Waals surface area (Å²) in [5.41, 5.74) is 3.18. The van der Waals surface area contributed by atoms with E-state index in [1.54, 1.807) is 0 Å². The van der Waals surface area contributed by atoms with Crippen LogP contribution in [0, 0.1) is 12.3 Å². The van der Waals surface area contributed by atoms with E-state index in [2.05, 4.69) is 29.3 Å². The first-order valence-electron chi connectivity index (χ1n) is 6.40. The molecule has 1 spiro atoms. The standard InChI is InChI=1S/C14H19ClN2/c1-11-3-4-12(15)7-13(11)17-9-14(10-17)5-2-6-16-8-14/h3-4,7,16H,2,5-6,8-10H2,1H3. The summed E-state index contributed by atoms with van der Waals surface area (Å²) in [5, 5.41) is 4.36. The van der Waals surface area contributed by atoms with Gasteiger partial charge < -0.3 is 10.2 Å². The van der Waals surface area contributed by atoms with Crippen molar-refractivity contribution in [3.63, 3.8) is 0 Å². The van der Waals surface area contributed by atoms with Crippen molar-refractivity contribution < 1.29 is 0 Å². The van der Waals surface area contributed by atoms with Gasteiger partial charge in [0.15, 0.2) is 0 Å². The van der Waals surface area contributed by atoms with Crippen molar-refractivity contribution in [1.29, 1.82) is 0 Å². The van der Waals surface area contributed by atoms with Crippen LogP contribution in [0.3, 0.4) is 0 Å². The predicted molar refractivity (Wildman–Crippen MR) is 72.9 cm³/mol. The summed E-state index contributed by atoms with van der Waals surface area (Å²) < 4.78 is 0. The van der Waals surface area contributed by atoms with Crippen molar-refractivity contribution >= 4 is 17.3 Å². The van der Waals surface area contributed by atoms with Gasteiger partial charge in [-0.1, -0.05) is 17.7 Å². The van der Waals surface area contributed by atoms with Gasteiger partial charge in [0.1, 0.15) is 0 Å². The van der Waals surface area contributed by atoms with Crippen LogP contribution in [0.4, 0.5) is 5.69 Å². The topological polar surface area (TPSA) is 15.3 Å². The lowest BCUT2D eigenvalue weighted by molar-refractivity contribution is 0.156. The van der Waals surface area contributed by atoms with E-state index in [0.717, 1.165) is 5.02 Å². The van der Waals surface area contributed by atoms with Crippen LogP contribution in [0.1, 0.15) is 18.4 Å². The Bertz CT molecular complexity index is 416. The first kappa shape index (κ1) is 11.4. The molecule has 2 nitrogen and oxygen atoms in total. The summed E-state index contributed by atoms with van der Waals surface area (Å²) in [5.74, 6) is 0. The van der Waals surface area contributed by atoms with E-state index < -0.39 is 0 Å². The second-order valence-electron chi connectivity index (χ2n) is 5.57. The molecule has 0 aliphatic carbocycles. The number of anilines is 1. The minimum atomic E-state index is 0.535. The van der Waals surface area contributed by atoms with Gasteiger partial charge in [-0.05, 0) is 44.0 Å². The van der Waals surface area contributed by atoms with E-state index in [1.807, 2.05) is 6.07 Å². The number of piperidine rings is 1. The quantitative estimate of drug-likeness (QED) is 0.825. The fourth-order valence-corrected chi connectivity index (χ4v) is 3.32. The van der Waals surface area contributed by atoms with Crippen LogP contribution < -0.4 is 10.2 Å². The zero-order valence-corrected chi connectivity index (χ0v) is 11.1. The summed E-state index contributed by atoms with van der Waals surface area (Å²) >= 11 is 6.08. The second kappa shape index (κ2) is 4.18. The largest absolute Gasteiger partial charge is 0.370 e. The van der Waals surface area contributed by atoms with Crippen molar-refractivity contribution in [2.24, 2.45) is 5.41 Å². The first-order chi connectivity index (χ1) is 8.19. The molecular weight excluding hydrogens is 232 g/mol. The van der Waals surface area contributed by atoms with Gasteiger partial charge in [0.2, 0.25) is 0 Å². The third-order valence-corrected chi connectivity index (χ3v) is 4.36. The molecule has 0 amide bonds. The number of halogens is 1. The Morgan fingerprint density at radius 1 is 1.35 bits per heavy atom. The normalized spacial score (nSPS) is 22.6. The Morgan fingerprint density at radius 2 is 2.18 bits per heavy atom. The van der Waals surface area contributed by atoms with Gasteiger partial charge in [-0.3, -0.25) is 0 Å². The predicted octanol–water partition coefficient (Wildman–Crippen LogP) is 2.84. The molecule has 0 aromatic heterocycles. The number of rotatable bonds is 1. The fraction of sp³-hybridized carbons (Fsp3) is 0.571. The highest BCUT2D eigenvalue weighted by molar-refractivity contribution is 6.30. The SMILES string of the molecule is Cc1ccc(Cl)cc1N1CC2(CCCNC2)C1. The van der Waals surface area contributed by atoms with E-state index in [9.17, 15) is 0 Å². The maximum Gasteiger partial charge on any atom is 0.0426 e. The summed E-state index contributed by atoms with van der Waals surface area (Å²) in [7, 11) is 0. The third kappa shape index (κ3) is 2.04. The van der Waals surface area contributed by atoms with E-state index in [4.69, 9.17) is 11.6 Å². The summed E-state index contributed by atoms with van der Waals surface area (Å²) in [4.78, 5) is 2.47. The smallest absolute Gasteiger partial charge is 0.0426 e. The number of hydrogen-bond acceptors (Lipinski definition) is 2. The molecule has 0 saturated carbocycles. The van der Waals surface area contributed by atoms with E-state index >= 15 is 0 Å². The Morgan fingerprint density at radius 3 is 2.88 bits per heavy atom. The maximum atomic E-state index is 6.08. The molecule has 2 saturated heterocycles. The number of benzene rings is 1. The molecule has 2 aliphatic heterocycles. The summed E-state index contributed by atoms with van der Waals surface area (Å²) in [6.07, 6.45) is 2.69. The van der Waals surface area contributed by atoms with E-state index in [1.165, 1.54) is 50.3 Å². The minimum absolute atomic E-state index is 0.535. The van der Waals surface area contributed by atoms with Crippen molar-refractivity contribution in [2.75, 3.05) is 31.1 Å². The van der Waals surface area contributed by atoms with Crippen molar-refractivity contribution in [1.82, 2.24) is 5.32 Å². The molecule has 2 heterocycles. The zero-order chi connectivity index (χ0) is 11.9. The average molecular weight is 251 g/mol. The van der Waals surface area contributed by atoms with E-state index in [0.29, 0.717) is 5.41 Å². The number of nitrogens with one attached hydrogen (secondary N) is 1. The summed E-state index contributed by atoms with van der Waals surface area (Å²) in [6.45, 7) is 6.90. The highest BCUT2D eigenvalue weighted by Crippen LogP contribution is 2.40. The molecule has 1 aromatic carbocycles. The molecule has 2 fully saturated rings. The van der Waals surface area contributed by atoms with Crippen molar-refractivity contribution in [3.8, 4) is 0 Å². The van der Waals surface area contributed by atoms with Crippen LogP contribution >= 0.6 is 11.6 Å². The third-order valence-electron chi connectivity index (χ3n) is 4.13. The molecule has 0 radical (unpaired) electrons. The van der Waals surface area contributed by atoms with Gasteiger partial charge in [0, 0.05) is 35.8 Å². The van der Waals surface area contributed by atoms with Crippen molar-refractivity contribution in [2.45, 2.75) is 19.8 Å². The number of nitrogens with zero attached hydrogens (tertiary/aromatic N) is 1. The molecule has 0 atom stereocenters. The van der Waals surface area contributed by atoms with Crippen LogP contribution in [0.25, 0.3) is 0 Å². The first-order valence-corrected chi connectivity index (χ1v) is 6.78. The zero-order valence-electron chi connectivity index (χ0n) is 10.3. The van der Waals surface area contributed by atoms with Gasteiger partial charge >= 0.3 is 0 Å². The molecule has 3 heteroatoms. The molecule has 2 aliphatic rings. The van der Waals surface area contributed by atoms with Crippen LogP contribution in [0.2, 0.25) is 5.02 Å². The van der Waals surface area contributed by atoms with Gasteiger partial charge in [0.05, 0.1) is 0 Å². The van der Waals surface area contributed by atoms with Gasteiger partial charge in [-0.2, -0.15) is 0 Å². The van der Waals surface area contributed by atoms with Crippen LogP contribution in [0.15, 0.2) is 18.2 Å². The Hall–Kier alpha value is -0.730. The molecule has 0 bridgehead atoms. The van der Waals surface area contributed by atoms with Gasteiger partial charge in [-0.15, -0.1) is 0 Å². The molecule has 3 rings (SSSR count). The average Bonchev–Trinajstić information content (AvgIpc) is 2.30. The monoisotopic (exact) mass is 250 g/mol. The van der Waals surface area contributed by atoms with Crippen LogP contribution in [0.5, 0.6) is 0 Å². The van der Waals surface area contributed by atoms with Gasteiger partial charge in [-0.25, -0.2) is 0 Å². The van der Waals surface area contributed by atoms with Crippen LogP contribution in [-0.2, 0) is 0 Å². The second-order valence-corrected chi connectivity index (χ2v) is 6.00. The Balaban J connectivity index is 1.74. The number of aryl methyl sites for hydroxylation is 1. The highest BCUT2D eigenvalue weighted by atomic mass is 35.5. The number of hydrogen-bond donors (Lipinski definition) is 1. The molecule has 1 N–H and O–H groups in total. The summed E-state index contributed by atoms with van der Waals surface area (Å²) in [6, 6.07) is 6.18. The minimum Gasteiger partial charge on any atom is -0.370 e. The van der Waals surface area contributed by atoms with Crippen molar-refractivity contribution in [3.05, 3.63) is 28.8 Å². The Kier molecular flexibility index (Phi) is 2.80. The Labute approximate surface area is 108 Å². The molecular formula is C14H19ClN2. The highest BCUT2D eigenvalue weighted by Gasteiger charge is 2.43. The van der Waals surface area contributed by atoms with Gasteiger partial charge in [0.25, 0.3) is 0 Å². The van der Waals surface area contributed by atoms with Crippen LogP contribution in [-0.4, -0.2) is 26.2 Å². The van der Waals surface area contributed by atoms with E-state index in [-0.39, 0.29) is 0 Å². The molecule has 0 unspecified atom stereocenters. The lowest BCUT2D eigenvalue weighted by atomic mass is 9.73. The lowest BCUT2D eigenvalue weighted by Gasteiger charge is -2.54. The lowest BCUT2D eigenvalue weighted by Crippen LogP contribution is -2.62. The molecule has 1 aromatic rings.